The van der Waals surface area contributed by atoms with Gasteiger partial charge in [-0.15, -0.1) is 0 Å². The van der Waals surface area contributed by atoms with Crippen LogP contribution in [0.5, 0.6) is 5.75 Å². The normalized spacial score (nSPS) is 16.2. The lowest BCUT2D eigenvalue weighted by Crippen LogP contribution is -2.39. The smallest absolute Gasteiger partial charge is 0.251 e. The Morgan fingerprint density at radius 2 is 2.12 bits per heavy atom. The molecule has 1 fully saturated rings. The molecule has 6 nitrogen and oxygen atoms in total. The van der Waals surface area contributed by atoms with Crippen molar-refractivity contribution in [1.82, 2.24) is 15.1 Å². The Morgan fingerprint density at radius 1 is 1.40 bits per heavy atom. The van der Waals surface area contributed by atoms with Crippen molar-refractivity contribution in [3.05, 3.63) is 28.8 Å². The van der Waals surface area contributed by atoms with Gasteiger partial charge in [0.15, 0.2) is 0 Å². The zero-order valence-corrected chi connectivity index (χ0v) is 15.8. The van der Waals surface area contributed by atoms with E-state index in [1.165, 1.54) is 0 Å². The third-order valence-electron chi connectivity index (χ3n) is 4.28. The molecule has 0 spiro atoms. The number of nitrogens with one attached hydrogen (secondary N) is 1. The van der Waals surface area contributed by atoms with Crippen molar-refractivity contribution in [2.75, 3.05) is 53.4 Å². The molecule has 1 amide bonds. The number of nitrogens with zero attached hydrogens (tertiary/aromatic N) is 2. The number of halogens is 1. The van der Waals surface area contributed by atoms with Crippen molar-refractivity contribution in [1.29, 1.82) is 0 Å². The predicted molar refractivity (Wildman–Crippen MR) is 99.5 cm³/mol. The monoisotopic (exact) mass is 369 g/mol. The summed E-state index contributed by atoms with van der Waals surface area (Å²) in [6, 6.07) is 5.17. The van der Waals surface area contributed by atoms with Crippen LogP contribution in [-0.4, -0.2) is 80.3 Å². The highest BCUT2D eigenvalue weighted by atomic mass is 35.5. The van der Waals surface area contributed by atoms with Crippen molar-refractivity contribution in [2.45, 2.75) is 18.9 Å². The van der Waals surface area contributed by atoms with Gasteiger partial charge in [-0.3, -0.25) is 4.79 Å². The molecule has 1 aliphatic heterocycles. The summed E-state index contributed by atoms with van der Waals surface area (Å²) in [5, 5.41) is 12.3. The van der Waals surface area contributed by atoms with Crippen LogP contribution in [0.3, 0.4) is 0 Å². The molecule has 1 aromatic rings. The molecule has 0 radical (unpaired) electrons. The molecule has 1 heterocycles. The van der Waals surface area contributed by atoms with Crippen LogP contribution in [0.15, 0.2) is 18.2 Å². The Labute approximate surface area is 154 Å². The Balaban J connectivity index is 1.86. The van der Waals surface area contributed by atoms with Crippen molar-refractivity contribution in [3.63, 3.8) is 0 Å². The average molecular weight is 370 g/mol. The van der Waals surface area contributed by atoms with Crippen LogP contribution in [0.2, 0.25) is 5.02 Å². The zero-order valence-electron chi connectivity index (χ0n) is 15.0. The highest BCUT2D eigenvalue weighted by Crippen LogP contribution is 2.28. The predicted octanol–water partition coefficient (Wildman–Crippen LogP) is 1.47. The molecule has 2 rings (SSSR count). The fourth-order valence-electron chi connectivity index (χ4n) is 2.80. The first-order valence-electron chi connectivity index (χ1n) is 8.72. The van der Waals surface area contributed by atoms with E-state index >= 15 is 0 Å². The van der Waals surface area contributed by atoms with E-state index in [4.69, 9.17) is 21.4 Å². The van der Waals surface area contributed by atoms with Gasteiger partial charge in [-0.1, -0.05) is 11.6 Å². The number of aliphatic hydroxyl groups excluding tert-OH is 1. The van der Waals surface area contributed by atoms with Gasteiger partial charge in [0.2, 0.25) is 0 Å². The summed E-state index contributed by atoms with van der Waals surface area (Å²) in [5.41, 5.74) is 0.536. The first kappa shape index (κ1) is 20.0. The van der Waals surface area contributed by atoms with E-state index in [1.807, 2.05) is 19.0 Å². The topological polar surface area (TPSA) is 65.0 Å². The Hall–Kier alpha value is -1.34. The van der Waals surface area contributed by atoms with Gasteiger partial charge in [-0.05, 0) is 45.1 Å². The maximum Gasteiger partial charge on any atom is 0.251 e. The maximum absolute atomic E-state index is 12.1. The third-order valence-corrected chi connectivity index (χ3v) is 4.58. The molecular weight excluding hydrogens is 342 g/mol. The lowest BCUT2D eigenvalue weighted by molar-refractivity contribution is 0.0888. The Kier molecular flexibility index (Phi) is 7.96. The summed E-state index contributed by atoms with van der Waals surface area (Å²) < 4.78 is 6.00. The molecule has 0 saturated carbocycles. The summed E-state index contributed by atoms with van der Waals surface area (Å²) in [6.07, 6.45) is 1.93. The van der Waals surface area contributed by atoms with Crippen LogP contribution in [0.4, 0.5) is 0 Å². The average Bonchev–Trinajstić information content (AvgIpc) is 2.58. The largest absolute Gasteiger partial charge is 0.489 e. The molecule has 2 N–H and O–H groups in total. The lowest BCUT2D eigenvalue weighted by atomic mass is 10.1. The zero-order chi connectivity index (χ0) is 18.2. The summed E-state index contributed by atoms with van der Waals surface area (Å²) in [7, 11) is 3.92. The highest BCUT2D eigenvalue weighted by molar-refractivity contribution is 6.32. The van der Waals surface area contributed by atoms with Gasteiger partial charge in [-0.25, -0.2) is 0 Å². The number of ether oxygens (including phenoxy) is 1. The van der Waals surface area contributed by atoms with Gasteiger partial charge in [-0.2, -0.15) is 0 Å². The number of piperidine rings is 1. The quantitative estimate of drug-likeness (QED) is 0.726. The Morgan fingerprint density at radius 3 is 2.72 bits per heavy atom. The fourth-order valence-corrected chi connectivity index (χ4v) is 3.03. The molecule has 0 aliphatic carbocycles. The lowest BCUT2D eigenvalue weighted by Gasteiger charge is -2.31. The molecule has 0 unspecified atom stereocenters. The van der Waals surface area contributed by atoms with Crippen molar-refractivity contribution >= 4 is 17.5 Å². The van der Waals surface area contributed by atoms with Crippen molar-refractivity contribution in [3.8, 4) is 5.75 Å². The van der Waals surface area contributed by atoms with Crippen LogP contribution < -0.4 is 10.1 Å². The highest BCUT2D eigenvalue weighted by Gasteiger charge is 2.21. The standard InChI is InChI=1S/C18H28ClN3O3/c1-21(2)10-7-20-18(24)14-3-4-17(16(19)13-14)25-15-5-8-22(9-6-15)11-12-23/h3-4,13,15,23H,5-12H2,1-2H3,(H,20,24). The number of β-amino-alcohol motifs (C(OH)–C–C–N with tert-alkyl or cyclic N) is 1. The number of carbonyl (C=O) groups excluding carboxylic acids is 1. The first-order valence-corrected chi connectivity index (χ1v) is 9.09. The number of aliphatic hydroxyl groups is 1. The maximum atomic E-state index is 12.1. The van der Waals surface area contributed by atoms with Gasteiger partial charge in [0, 0.05) is 38.3 Å². The van der Waals surface area contributed by atoms with Crippen LogP contribution in [-0.2, 0) is 0 Å². The summed E-state index contributed by atoms with van der Waals surface area (Å²) in [4.78, 5) is 16.4. The molecule has 0 bridgehead atoms. The molecule has 7 heteroatoms. The molecule has 140 valence electrons. The molecule has 0 atom stereocenters. The Bertz CT molecular complexity index is 560. The van der Waals surface area contributed by atoms with Crippen molar-refractivity contribution in [2.24, 2.45) is 0 Å². The number of benzene rings is 1. The SMILES string of the molecule is CN(C)CCNC(=O)c1ccc(OC2CCN(CCO)CC2)c(Cl)c1. The third kappa shape index (κ3) is 6.47. The van der Waals surface area contributed by atoms with Gasteiger partial charge >= 0.3 is 0 Å². The van der Waals surface area contributed by atoms with Crippen molar-refractivity contribution < 1.29 is 14.6 Å². The van der Waals surface area contributed by atoms with Crippen LogP contribution in [0.1, 0.15) is 23.2 Å². The summed E-state index contributed by atoms with van der Waals surface area (Å²) >= 11 is 6.30. The number of likely N-dealkylation sites (tertiary alicyclic amines) is 1. The number of hydrogen-bond donors (Lipinski definition) is 2. The number of likely N-dealkylation sites (N-methyl/N-ethyl adjacent to an activating group) is 1. The van der Waals surface area contributed by atoms with Gasteiger partial charge in [0.25, 0.3) is 5.91 Å². The van der Waals surface area contributed by atoms with E-state index in [0.717, 1.165) is 32.5 Å². The second kappa shape index (κ2) is 9.97. The molecular formula is C18H28ClN3O3. The van der Waals surface area contributed by atoms with E-state index in [1.54, 1.807) is 18.2 Å². The van der Waals surface area contributed by atoms with E-state index in [-0.39, 0.29) is 18.6 Å². The first-order chi connectivity index (χ1) is 12.0. The number of hydrogen-bond acceptors (Lipinski definition) is 5. The second-order valence-corrected chi connectivity index (χ2v) is 6.99. The molecule has 1 saturated heterocycles. The summed E-state index contributed by atoms with van der Waals surface area (Å²) in [5.74, 6) is 0.486. The fraction of sp³-hybridized carbons (Fsp3) is 0.611. The van der Waals surface area contributed by atoms with E-state index in [2.05, 4.69) is 10.2 Å². The van der Waals surface area contributed by atoms with E-state index in [0.29, 0.717) is 29.4 Å². The minimum atomic E-state index is -0.132. The van der Waals surface area contributed by atoms with Gasteiger partial charge in [0.05, 0.1) is 11.6 Å². The van der Waals surface area contributed by atoms with Crippen LogP contribution in [0, 0.1) is 0 Å². The summed E-state index contributed by atoms with van der Waals surface area (Å²) in [6.45, 7) is 4.11. The second-order valence-electron chi connectivity index (χ2n) is 6.59. The van der Waals surface area contributed by atoms with E-state index < -0.39 is 0 Å². The molecule has 25 heavy (non-hydrogen) atoms. The van der Waals surface area contributed by atoms with Gasteiger partial charge in [0.1, 0.15) is 11.9 Å². The number of amides is 1. The minimum Gasteiger partial charge on any atom is -0.489 e. The molecule has 0 aromatic heterocycles. The van der Waals surface area contributed by atoms with Crippen LogP contribution in [0.25, 0.3) is 0 Å². The van der Waals surface area contributed by atoms with Gasteiger partial charge < -0.3 is 25.0 Å². The number of carbonyl (C=O) groups is 1. The van der Waals surface area contributed by atoms with Crippen LogP contribution >= 0.6 is 11.6 Å². The number of rotatable bonds is 8. The van der Waals surface area contributed by atoms with E-state index in [9.17, 15) is 4.79 Å². The minimum absolute atomic E-state index is 0.118. The molecule has 1 aromatic carbocycles. The molecule has 1 aliphatic rings.